The number of carboxylic acid groups (broad SMARTS) is 1. The predicted octanol–water partition coefficient (Wildman–Crippen LogP) is 1.51. The summed E-state index contributed by atoms with van der Waals surface area (Å²) in [6, 6.07) is 1.87. The lowest BCUT2D eigenvalue weighted by molar-refractivity contribution is -0.402. The number of rotatable bonds is 3. The van der Waals surface area contributed by atoms with Crippen molar-refractivity contribution < 1.29 is 24.0 Å². The quantitative estimate of drug-likeness (QED) is 0.664. The number of amides is 1. The predicted molar refractivity (Wildman–Crippen MR) is 66.2 cm³/mol. The van der Waals surface area contributed by atoms with Crippen LogP contribution in [0.3, 0.4) is 0 Å². The molecule has 2 rings (SSSR count). The molecule has 2 atom stereocenters. The van der Waals surface area contributed by atoms with Gasteiger partial charge in [0.25, 0.3) is 5.91 Å². The summed E-state index contributed by atoms with van der Waals surface area (Å²) in [4.78, 5) is 34.5. The normalized spacial score (nSPS) is 22.6. The van der Waals surface area contributed by atoms with Gasteiger partial charge in [0.2, 0.25) is 0 Å². The summed E-state index contributed by atoms with van der Waals surface area (Å²) in [5, 5.41) is 19.6. The highest BCUT2D eigenvalue weighted by atomic mass is 16.6. The van der Waals surface area contributed by atoms with Crippen LogP contribution in [0.1, 0.15) is 30.3 Å². The molecule has 108 valence electrons. The summed E-state index contributed by atoms with van der Waals surface area (Å²) >= 11 is 0. The second-order valence-corrected chi connectivity index (χ2v) is 4.72. The largest absolute Gasteiger partial charge is 0.481 e. The fraction of sp³-hybridized carbons (Fsp3) is 0.500. The molecule has 20 heavy (non-hydrogen) atoms. The Hall–Kier alpha value is -2.38. The summed E-state index contributed by atoms with van der Waals surface area (Å²) in [6.07, 6.45) is 1.09. The average Bonchev–Trinajstić information content (AvgIpc) is 2.87. The van der Waals surface area contributed by atoms with Gasteiger partial charge in [-0.25, -0.2) is 0 Å². The molecule has 1 aliphatic heterocycles. The molecule has 8 nitrogen and oxygen atoms in total. The number of piperidine rings is 1. The van der Waals surface area contributed by atoms with Crippen LogP contribution in [0, 0.1) is 16.0 Å². The van der Waals surface area contributed by atoms with E-state index in [1.54, 1.807) is 6.92 Å². The number of hydrogen-bond donors (Lipinski definition) is 1. The van der Waals surface area contributed by atoms with Crippen LogP contribution < -0.4 is 0 Å². The van der Waals surface area contributed by atoms with Gasteiger partial charge in [0.15, 0.2) is 5.76 Å². The number of aliphatic carboxylic acids is 1. The maximum atomic E-state index is 12.2. The molecule has 8 heteroatoms. The zero-order chi connectivity index (χ0) is 14.9. The van der Waals surface area contributed by atoms with Gasteiger partial charge in [0.1, 0.15) is 4.92 Å². The van der Waals surface area contributed by atoms with Gasteiger partial charge in [-0.3, -0.25) is 19.7 Å². The Morgan fingerprint density at radius 3 is 2.75 bits per heavy atom. The van der Waals surface area contributed by atoms with E-state index in [1.807, 2.05) is 0 Å². The second-order valence-electron chi connectivity index (χ2n) is 4.72. The lowest BCUT2D eigenvalue weighted by Crippen LogP contribution is -2.49. The van der Waals surface area contributed by atoms with Gasteiger partial charge in [-0.15, -0.1) is 0 Å². The molecule has 0 radical (unpaired) electrons. The molecular formula is C12H14N2O6. The number of nitrogens with zero attached hydrogens (tertiary/aromatic N) is 2. The van der Waals surface area contributed by atoms with Gasteiger partial charge in [0.05, 0.1) is 12.0 Å². The van der Waals surface area contributed by atoms with Crippen molar-refractivity contribution in [2.75, 3.05) is 6.54 Å². The third-order valence-corrected chi connectivity index (χ3v) is 3.55. The maximum absolute atomic E-state index is 12.2. The van der Waals surface area contributed by atoms with Crippen LogP contribution in [-0.2, 0) is 4.79 Å². The van der Waals surface area contributed by atoms with Gasteiger partial charge >= 0.3 is 11.9 Å². The van der Waals surface area contributed by atoms with Gasteiger partial charge in [0, 0.05) is 12.6 Å². The maximum Gasteiger partial charge on any atom is 0.433 e. The SMILES string of the molecule is C[C@@H]1[C@H](C(=O)O)CCCN1C(=O)c1ccc([N+](=O)[O-])o1. The number of likely N-dealkylation sites (tertiary alicyclic amines) is 1. The summed E-state index contributed by atoms with van der Waals surface area (Å²) in [5.41, 5.74) is 0. The fourth-order valence-corrected chi connectivity index (χ4v) is 2.44. The highest BCUT2D eigenvalue weighted by Crippen LogP contribution is 2.26. The van der Waals surface area contributed by atoms with E-state index in [-0.39, 0.29) is 5.76 Å². The van der Waals surface area contributed by atoms with Crippen LogP contribution in [0.5, 0.6) is 0 Å². The van der Waals surface area contributed by atoms with E-state index in [2.05, 4.69) is 0 Å². The number of carboxylic acids is 1. The van der Waals surface area contributed by atoms with Crippen LogP contribution in [0.4, 0.5) is 5.88 Å². The smallest absolute Gasteiger partial charge is 0.433 e. The van der Waals surface area contributed by atoms with Crippen molar-refractivity contribution in [1.82, 2.24) is 4.90 Å². The number of carbonyl (C=O) groups is 2. The first-order chi connectivity index (χ1) is 9.41. The van der Waals surface area contributed by atoms with E-state index in [0.29, 0.717) is 19.4 Å². The van der Waals surface area contributed by atoms with Crippen LogP contribution in [-0.4, -0.2) is 39.4 Å². The van der Waals surface area contributed by atoms with Gasteiger partial charge < -0.3 is 14.4 Å². The van der Waals surface area contributed by atoms with Crippen molar-refractivity contribution in [3.63, 3.8) is 0 Å². The standard InChI is InChI=1S/C12H14N2O6/c1-7-8(12(16)17)3-2-6-13(7)11(15)9-4-5-10(20-9)14(18)19/h4-5,7-8H,2-3,6H2,1H3,(H,16,17)/t7-,8-/m1/s1. The Labute approximate surface area is 114 Å². The van der Waals surface area contributed by atoms with Crippen molar-refractivity contribution in [2.24, 2.45) is 5.92 Å². The number of nitro groups is 1. The topological polar surface area (TPSA) is 114 Å². The van der Waals surface area contributed by atoms with Gasteiger partial charge in [-0.2, -0.15) is 0 Å². The Bertz CT molecular complexity index is 552. The Kier molecular flexibility index (Phi) is 3.73. The average molecular weight is 282 g/mol. The van der Waals surface area contributed by atoms with Crippen LogP contribution in [0.25, 0.3) is 0 Å². The molecule has 1 aromatic rings. The molecule has 0 aliphatic carbocycles. The molecule has 1 fully saturated rings. The molecule has 1 saturated heterocycles. The third kappa shape index (κ3) is 2.49. The summed E-state index contributed by atoms with van der Waals surface area (Å²) in [7, 11) is 0. The summed E-state index contributed by atoms with van der Waals surface area (Å²) < 4.78 is 4.87. The lowest BCUT2D eigenvalue weighted by atomic mass is 9.90. The molecule has 0 spiro atoms. The van der Waals surface area contributed by atoms with Crippen molar-refractivity contribution >= 4 is 17.8 Å². The minimum absolute atomic E-state index is 0.144. The number of carbonyl (C=O) groups excluding carboxylic acids is 1. The Morgan fingerprint density at radius 2 is 2.20 bits per heavy atom. The molecular weight excluding hydrogens is 268 g/mol. The van der Waals surface area contributed by atoms with Crippen molar-refractivity contribution in [3.8, 4) is 0 Å². The number of furan rings is 1. The number of hydrogen-bond acceptors (Lipinski definition) is 5. The molecule has 1 aromatic heterocycles. The first kappa shape index (κ1) is 14.0. The zero-order valence-electron chi connectivity index (χ0n) is 10.8. The van der Waals surface area contributed by atoms with E-state index in [4.69, 9.17) is 9.52 Å². The van der Waals surface area contributed by atoms with Gasteiger partial charge in [-0.05, 0) is 25.8 Å². The molecule has 2 heterocycles. The highest BCUT2D eigenvalue weighted by molar-refractivity contribution is 5.92. The first-order valence-corrected chi connectivity index (χ1v) is 6.20. The second kappa shape index (κ2) is 5.32. The van der Waals surface area contributed by atoms with E-state index in [1.165, 1.54) is 11.0 Å². The van der Waals surface area contributed by atoms with E-state index < -0.39 is 34.6 Å². The van der Waals surface area contributed by atoms with E-state index in [0.717, 1.165) is 6.07 Å². The van der Waals surface area contributed by atoms with E-state index >= 15 is 0 Å². The molecule has 0 aromatic carbocycles. The molecule has 0 bridgehead atoms. The molecule has 0 saturated carbocycles. The Morgan fingerprint density at radius 1 is 1.50 bits per heavy atom. The minimum Gasteiger partial charge on any atom is -0.481 e. The fourth-order valence-electron chi connectivity index (χ4n) is 2.44. The van der Waals surface area contributed by atoms with E-state index in [9.17, 15) is 19.7 Å². The van der Waals surface area contributed by atoms with Crippen LogP contribution in [0.2, 0.25) is 0 Å². The highest BCUT2D eigenvalue weighted by Gasteiger charge is 2.36. The van der Waals surface area contributed by atoms with Crippen molar-refractivity contribution in [1.29, 1.82) is 0 Å². The third-order valence-electron chi connectivity index (χ3n) is 3.55. The van der Waals surface area contributed by atoms with Crippen molar-refractivity contribution in [3.05, 3.63) is 28.0 Å². The van der Waals surface area contributed by atoms with Crippen LogP contribution >= 0.6 is 0 Å². The Balaban J connectivity index is 2.18. The molecule has 0 unspecified atom stereocenters. The monoisotopic (exact) mass is 282 g/mol. The lowest BCUT2D eigenvalue weighted by Gasteiger charge is -2.36. The first-order valence-electron chi connectivity index (χ1n) is 6.20. The molecule has 1 N–H and O–H groups in total. The van der Waals surface area contributed by atoms with Crippen LogP contribution in [0.15, 0.2) is 16.5 Å². The van der Waals surface area contributed by atoms with Gasteiger partial charge in [-0.1, -0.05) is 0 Å². The molecule has 1 aliphatic rings. The molecule has 1 amide bonds. The zero-order valence-corrected chi connectivity index (χ0v) is 10.8. The summed E-state index contributed by atoms with van der Waals surface area (Å²) in [5.74, 6) is -2.74. The summed E-state index contributed by atoms with van der Waals surface area (Å²) in [6.45, 7) is 2.07. The minimum atomic E-state index is -0.944. The van der Waals surface area contributed by atoms with Crippen molar-refractivity contribution in [2.45, 2.75) is 25.8 Å².